The normalized spacial score (nSPS) is 25.1. The molecule has 120 valence electrons. The number of nitrogens with zero attached hydrogens (tertiary/aromatic N) is 1. The van der Waals surface area contributed by atoms with Gasteiger partial charge in [0.1, 0.15) is 0 Å². The minimum absolute atomic E-state index is 0.0353. The highest BCUT2D eigenvalue weighted by molar-refractivity contribution is 5.78. The lowest BCUT2D eigenvalue weighted by Crippen LogP contribution is -2.35. The molecule has 0 aromatic carbocycles. The molecule has 1 heterocycles. The molecule has 0 aromatic heterocycles. The van der Waals surface area contributed by atoms with E-state index in [1.54, 1.807) is 0 Å². The van der Waals surface area contributed by atoms with Crippen LogP contribution in [0.2, 0.25) is 0 Å². The Morgan fingerprint density at radius 1 is 1.29 bits per heavy atom. The van der Waals surface area contributed by atoms with Crippen LogP contribution in [-0.4, -0.2) is 48.1 Å². The van der Waals surface area contributed by atoms with Crippen LogP contribution in [0.1, 0.15) is 51.9 Å². The third-order valence-corrected chi connectivity index (χ3v) is 5.13. The molecule has 21 heavy (non-hydrogen) atoms. The number of carbonyl (C=O) groups excluding carboxylic acids is 1. The van der Waals surface area contributed by atoms with Crippen molar-refractivity contribution >= 4 is 11.9 Å². The first kappa shape index (κ1) is 16.3. The lowest BCUT2D eigenvalue weighted by molar-refractivity contribution is -0.140. The van der Waals surface area contributed by atoms with Crippen molar-refractivity contribution in [3.8, 4) is 0 Å². The lowest BCUT2D eigenvalue weighted by atomic mass is 9.79. The first-order valence-electron chi connectivity index (χ1n) is 8.24. The van der Waals surface area contributed by atoms with Gasteiger partial charge in [0, 0.05) is 19.5 Å². The Balaban J connectivity index is 1.76. The fraction of sp³-hybridized carbons (Fsp3) is 0.875. The van der Waals surface area contributed by atoms with Gasteiger partial charge in [-0.25, -0.2) is 0 Å². The second-order valence-electron chi connectivity index (χ2n) is 6.81. The molecule has 2 rings (SSSR count). The molecule has 1 amide bonds. The van der Waals surface area contributed by atoms with Crippen LogP contribution in [0.25, 0.3) is 0 Å². The summed E-state index contributed by atoms with van der Waals surface area (Å²) in [6.07, 6.45) is 5.51. The molecule has 1 aliphatic heterocycles. The molecule has 0 bridgehead atoms. The van der Waals surface area contributed by atoms with Crippen molar-refractivity contribution in [1.29, 1.82) is 0 Å². The van der Waals surface area contributed by atoms with Crippen LogP contribution in [0.3, 0.4) is 0 Å². The van der Waals surface area contributed by atoms with E-state index in [2.05, 4.69) is 17.1 Å². The number of rotatable bonds is 7. The van der Waals surface area contributed by atoms with Crippen LogP contribution in [-0.2, 0) is 9.59 Å². The molecule has 1 unspecified atom stereocenters. The Hall–Kier alpha value is -1.10. The maximum atomic E-state index is 12.2. The van der Waals surface area contributed by atoms with E-state index in [-0.39, 0.29) is 17.7 Å². The van der Waals surface area contributed by atoms with Crippen LogP contribution in [0.4, 0.5) is 0 Å². The molecular weight excluding hydrogens is 268 g/mol. The molecule has 5 heteroatoms. The van der Waals surface area contributed by atoms with Gasteiger partial charge in [-0.1, -0.05) is 19.8 Å². The topological polar surface area (TPSA) is 69.6 Å². The van der Waals surface area contributed by atoms with E-state index in [4.69, 9.17) is 5.11 Å². The average Bonchev–Trinajstić information content (AvgIpc) is 3.05. The number of carboxylic acid groups (broad SMARTS) is 1. The van der Waals surface area contributed by atoms with Crippen molar-refractivity contribution in [1.82, 2.24) is 10.2 Å². The van der Waals surface area contributed by atoms with Gasteiger partial charge in [-0.05, 0) is 43.7 Å². The molecule has 1 saturated heterocycles. The summed E-state index contributed by atoms with van der Waals surface area (Å²) in [4.78, 5) is 25.6. The van der Waals surface area contributed by atoms with Gasteiger partial charge in [-0.15, -0.1) is 0 Å². The minimum Gasteiger partial charge on any atom is -0.481 e. The van der Waals surface area contributed by atoms with Crippen LogP contribution in [0.15, 0.2) is 0 Å². The van der Waals surface area contributed by atoms with Gasteiger partial charge in [0.25, 0.3) is 0 Å². The zero-order chi connectivity index (χ0) is 15.3. The molecule has 2 N–H and O–H groups in total. The van der Waals surface area contributed by atoms with Crippen molar-refractivity contribution in [2.75, 3.05) is 26.2 Å². The number of likely N-dealkylation sites (tertiary alicyclic amines) is 1. The van der Waals surface area contributed by atoms with Gasteiger partial charge >= 0.3 is 5.97 Å². The predicted octanol–water partition coefficient (Wildman–Crippen LogP) is 1.87. The number of carbonyl (C=O) groups is 2. The first-order valence-corrected chi connectivity index (χ1v) is 8.24. The molecular formula is C16H28N2O3. The summed E-state index contributed by atoms with van der Waals surface area (Å²) < 4.78 is 0. The molecule has 0 spiro atoms. The smallest absolute Gasteiger partial charge is 0.303 e. The summed E-state index contributed by atoms with van der Waals surface area (Å²) >= 11 is 0. The molecule has 1 aliphatic carbocycles. The summed E-state index contributed by atoms with van der Waals surface area (Å²) in [6, 6.07) is 0. The minimum atomic E-state index is -0.779. The van der Waals surface area contributed by atoms with E-state index in [1.165, 1.54) is 0 Å². The number of aliphatic carboxylic acids is 1. The van der Waals surface area contributed by atoms with E-state index in [0.29, 0.717) is 12.3 Å². The molecule has 0 aromatic rings. The monoisotopic (exact) mass is 296 g/mol. The second kappa shape index (κ2) is 7.25. The highest BCUT2D eigenvalue weighted by Gasteiger charge is 2.38. The van der Waals surface area contributed by atoms with Gasteiger partial charge in [-0.2, -0.15) is 0 Å². The molecule has 2 fully saturated rings. The number of nitrogens with one attached hydrogen (secondary N) is 1. The third-order valence-electron chi connectivity index (χ3n) is 5.13. The van der Waals surface area contributed by atoms with Gasteiger partial charge < -0.3 is 15.3 Å². The van der Waals surface area contributed by atoms with Crippen LogP contribution < -0.4 is 5.32 Å². The fourth-order valence-corrected chi connectivity index (χ4v) is 3.89. The third kappa shape index (κ3) is 4.70. The zero-order valence-corrected chi connectivity index (χ0v) is 13.1. The van der Waals surface area contributed by atoms with Crippen molar-refractivity contribution in [3.63, 3.8) is 0 Å². The van der Waals surface area contributed by atoms with E-state index >= 15 is 0 Å². The molecule has 1 atom stereocenters. The maximum absolute atomic E-state index is 12.2. The standard InChI is InChI=1S/C16H28N2O3/c1-2-18-8-5-13(12-18)11-17-14(19)9-16(10-15(20)21)6-3-4-7-16/h13H,2-12H2,1H3,(H,17,19)(H,20,21). The summed E-state index contributed by atoms with van der Waals surface area (Å²) in [5, 5.41) is 12.1. The maximum Gasteiger partial charge on any atom is 0.303 e. The highest BCUT2D eigenvalue weighted by atomic mass is 16.4. The summed E-state index contributed by atoms with van der Waals surface area (Å²) in [5.41, 5.74) is -0.291. The quantitative estimate of drug-likeness (QED) is 0.752. The van der Waals surface area contributed by atoms with Gasteiger partial charge in [0.15, 0.2) is 0 Å². The summed E-state index contributed by atoms with van der Waals surface area (Å²) in [7, 11) is 0. The van der Waals surface area contributed by atoms with Gasteiger partial charge in [-0.3, -0.25) is 9.59 Å². The van der Waals surface area contributed by atoms with Crippen molar-refractivity contribution in [3.05, 3.63) is 0 Å². The largest absolute Gasteiger partial charge is 0.481 e. The Morgan fingerprint density at radius 3 is 2.57 bits per heavy atom. The molecule has 2 aliphatic rings. The Morgan fingerprint density at radius 2 is 2.00 bits per heavy atom. The average molecular weight is 296 g/mol. The summed E-state index contributed by atoms with van der Waals surface area (Å²) in [5.74, 6) is -0.194. The lowest BCUT2D eigenvalue weighted by Gasteiger charge is -2.26. The molecule has 1 saturated carbocycles. The first-order chi connectivity index (χ1) is 10.0. The number of carboxylic acids is 1. The van der Waals surface area contributed by atoms with Crippen molar-refractivity contribution in [2.24, 2.45) is 11.3 Å². The van der Waals surface area contributed by atoms with E-state index < -0.39 is 5.97 Å². The van der Waals surface area contributed by atoms with Crippen LogP contribution >= 0.6 is 0 Å². The van der Waals surface area contributed by atoms with E-state index in [1.807, 2.05) is 0 Å². The Bertz CT molecular complexity index is 378. The zero-order valence-electron chi connectivity index (χ0n) is 13.1. The fourth-order valence-electron chi connectivity index (χ4n) is 3.89. The predicted molar refractivity (Wildman–Crippen MR) is 81.0 cm³/mol. The molecule has 0 radical (unpaired) electrons. The second-order valence-corrected chi connectivity index (χ2v) is 6.81. The van der Waals surface area contributed by atoms with Crippen molar-refractivity contribution < 1.29 is 14.7 Å². The van der Waals surface area contributed by atoms with Crippen LogP contribution in [0.5, 0.6) is 0 Å². The Labute approximate surface area is 127 Å². The Kier molecular flexibility index (Phi) is 5.62. The number of hydrogen-bond acceptors (Lipinski definition) is 3. The SMILES string of the molecule is CCN1CCC(CNC(=O)CC2(CC(=O)O)CCCC2)C1. The van der Waals surface area contributed by atoms with Crippen molar-refractivity contribution in [2.45, 2.75) is 51.9 Å². The molecule has 5 nitrogen and oxygen atoms in total. The van der Waals surface area contributed by atoms with E-state index in [9.17, 15) is 9.59 Å². The highest BCUT2D eigenvalue weighted by Crippen LogP contribution is 2.44. The summed E-state index contributed by atoms with van der Waals surface area (Å²) in [6.45, 7) is 6.17. The van der Waals surface area contributed by atoms with E-state index in [0.717, 1.165) is 58.3 Å². The van der Waals surface area contributed by atoms with Gasteiger partial charge in [0.2, 0.25) is 5.91 Å². The van der Waals surface area contributed by atoms with Gasteiger partial charge in [0.05, 0.1) is 6.42 Å². The number of hydrogen-bond donors (Lipinski definition) is 2. The number of amides is 1. The van der Waals surface area contributed by atoms with Crippen LogP contribution in [0, 0.1) is 11.3 Å².